The van der Waals surface area contributed by atoms with E-state index in [0.29, 0.717) is 16.9 Å². The molecule has 2 aromatic heterocycles. The Kier molecular flexibility index (Phi) is 5.30. The van der Waals surface area contributed by atoms with E-state index in [1.54, 1.807) is 30.5 Å². The zero-order valence-electron chi connectivity index (χ0n) is 15.1. The Morgan fingerprint density at radius 1 is 1.15 bits per heavy atom. The predicted octanol–water partition coefficient (Wildman–Crippen LogP) is 1.78. The Morgan fingerprint density at radius 3 is 2.74 bits per heavy atom. The van der Waals surface area contributed by atoms with Crippen LogP contribution in [0.5, 0.6) is 0 Å². The molecule has 2 heterocycles. The second-order valence-corrected chi connectivity index (χ2v) is 6.18. The van der Waals surface area contributed by atoms with E-state index in [1.165, 1.54) is 10.5 Å². The smallest absolute Gasteiger partial charge is 0.325 e. The first-order chi connectivity index (χ1) is 12.9. The number of carbonyl (C=O) groups excluding carboxylic acids is 2. The Morgan fingerprint density at radius 2 is 1.96 bits per heavy atom. The molecule has 3 rings (SSSR count). The van der Waals surface area contributed by atoms with Gasteiger partial charge in [-0.25, -0.2) is 4.98 Å². The molecule has 7 nitrogen and oxygen atoms in total. The van der Waals surface area contributed by atoms with Crippen LogP contribution in [-0.4, -0.2) is 27.8 Å². The summed E-state index contributed by atoms with van der Waals surface area (Å²) in [4.78, 5) is 40.4. The van der Waals surface area contributed by atoms with Crippen molar-refractivity contribution in [1.82, 2.24) is 14.7 Å². The van der Waals surface area contributed by atoms with Crippen molar-refractivity contribution in [3.63, 3.8) is 0 Å². The van der Waals surface area contributed by atoms with E-state index in [1.807, 2.05) is 26.0 Å². The van der Waals surface area contributed by atoms with E-state index in [4.69, 9.17) is 4.74 Å². The number of aromatic nitrogens is 2. The molecule has 3 aromatic rings. The maximum atomic E-state index is 12.1. The fourth-order valence-corrected chi connectivity index (χ4v) is 2.63. The molecule has 0 atom stereocenters. The Hall–Kier alpha value is -3.48. The molecule has 138 valence electrons. The summed E-state index contributed by atoms with van der Waals surface area (Å²) >= 11 is 0. The fraction of sp³-hybridized carbons (Fsp3) is 0.200. The first-order valence-electron chi connectivity index (χ1n) is 8.42. The number of pyridine rings is 1. The molecule has 0 aliphatic heterocycles. The summed E-state index contributed by atoms with van der Waals surface area (Å²) in [6.07, 6.45) is 1.63. The van der Waals surface area contributed by atoms with Crippen molar-refractivity contribution in [2.75, 3.05) is 6.54 Å². The molecule has 0 radical (unpaired) electrons. The number of hydrogen-bond acceptors (Lipinski definition) is 5. The van der Waals surface area contributed by atoms with Gasteiger partial charge in [-0.3, -0.25) is 18.8 Å². The number of esters is 1. The van der Waals surface area contributed by atoms with Crippen LogP contribution in [0, 0.1) is 13.8 Å². The number of nitrogens with one attached hydrogen (secondary N) is 1. The molecule has 0 unspecified atom stereocenters. The van der Waals surface area contributed by atoms with Gasteiger partial charge in [-0.1, -0.05) is 23.8 Å². The molecule has 0 bridgehead atoms. The minimum absolute atomic E-state index is 0.140. The van der Waals surface area contributed by atoms with E-state index in [0.717, 1.165) is 11.1 Å². The van der Waals surface area contributed by atoms with Crippen LogP contribution in [0.4, 0.5) is 0 Å². The van der Waals surface area contributed by atoms with Crippen LogP contribution in [0.1, 0.15) is 27.2 Å². The van der Waals surface area contributed by atoms with Crippen LogP contribution in [0.2, 0.25) is 0 Å². The molecule has 0 aliphatic rings. The average Bonchev–Trinajstić information content (AvgIpc) is 2.65. The van der Waals surface area contributed by atoms with Gasteiger partial charge in [-0.2, -0.15) is 0 Å². The zero-order valence-corrected chi connectivity index (χ0v) is 15.1. The Labute approximate surface area is 155 Å². The van der Waals surface area contributed by atoms with Crippen LogP contribution in [0.15, 0.2) is 53.5 Å². The molecule has 1 aromatic carbocycles. The molecular formula is C20H19N3O4. The highest BCUT2D eigenvalue weighted by Crippen LogP contribution is 2.06. The fourth-order valence-electron chi connectivity index (χ4n) is 2.63. The minimum Gasteiger partial charge on any atom is -0.458 e. The lowest BCUT2D eigenvalue weighted by molar-refractivity contribution is -0.143. The summed E-state index contributed by atoms with van der Waals surface area (Å²) < 4.78 is 6.55. The zero-order chi connectivity index (χ0) is 19.4. The number of rotatable bonds is 5. The Balaban J connectivity index is 1.59. The highest BCUT2D eigenvalue weighted by atomic mass is 16.5. The quantitative estimate of drug-likeness (QED) is 0.696. The summed E-state index contributed by atoms with van der Waals surface area (Å²) in [5.74, 6) is -0.962. The number of nitrogens with zero attached hydrogens (tertiary/aromatic N) is 2. The topological polar surface area (TPSA) is 89.8 Å². The van der Waals surface area contributed by atoms with Gasteiger partial charge in [0.2, 0.25) is 0 Å². The maximum absolute atomic E-state index is 12.1. The van der Waals surface area contributed by atoms with Crippen molar-refractivity contribution in [2.24, 2.45) is 0 Å². The normalized spacial score (nSPS) is 10.6. The van der Waals surface area contributed by atoms with Gasteiger partial charge in [0, 0.05) is 17.8 Å². The number of aryl methyl sites for hydroxylation is 2. The third-order valence-corrected chi connectivity index (χ3v) is 3.99. The van der Waals surface area contributed by atoms with E-state index < -0.39 is 5.97 Å². The third kappa shape index (κ3) is 4.38. The van der Waals surface area contributed by atoms with Crippen LogP contribution < -0.4 is 10.9 Å². The number of fused-ring (bicyclic) bond motifs is 1. The maximum Gasteiger partial charge on any atom is 0.325 e. The number of amides is 1. The summed E-state index contributed by atoms with van der Waals surface area (Å²) in [7, 11) is 0. The van der Waals surface area contributed by atoms with Crippen LogP contribution in [-0.2, 0) is 16.1 Å². The lowest BCUT2D eigenvalue weighted by Crippen LogP contribution is -2.30. The molecule has 0 saturated carbocycles. The lowest BCUT2D eigenvalue weighted by Gasteiger charge is -2.08. The van der Waals surface area contributed by atoms with Gasteiger partial charge in [0.1, 0.15) is 18.8 Å². The van der Waals surface area contributed by atoms with Crippen LogP contribution in [0.25, 0.3) is 5.65 Å². The highest BCUT2D eigenvalue weighted by Gasteiger charge is 2.11. The molecule has 1 amide bonds. The van der Waals surface area contributed by atoms with Gasteiger partial charge in [-0.05, 0) is 37.6 Å². The van der Waals surface area contributed by atoms with Crippen molar-refractivity contribution >= 4 is 17.5 Å². The van der Waals surface area contributed by atoms with Crippen molar-refractivity contribution in [1.29, 1.82) is 0 Å². The number of ether oxygens (including phenoxy) is 1. The van der Waals surface area contributed by atoms with Gasteiger partial charge >= 0.3 is 5.97 Å². The molecule has 7 heteroatoms. The predicted molar refractivity (Wildman–Crippen MR) is 99.5 cm³/mol. The largest absolute Gasteiger partial charge is 0.458 e. The first-order valence-corrected chi connectivity index (χ1v) is 8.42. The summed E-state index contributed by atoms with van der Waals surface area (Å²) in [6.45, 7) is 3.32. The average molecular weight is 365 g/mol. The van der Waals surface area contributed by atoms with E-state index in [-0.39, 0.29) is 24.6 Å². The second-order valence-electron chi connectivity index (χ2n) is 6.18. The minimum atomic E-state index is -0.609. The van der Waals surface area contributed by atoms with Gasteiger partial charge in [0.15, 0.2) is 0 Å². The number of benzene rings is 1. The number of carbonyl (C=O) groups is 2. The van der Waals surface area contributed by atoms with Crippen molar-refractivity contribution < 1.29 is 14.3 Å². The van der Waals surface area contributed by atoms with Gasteiger partial charge in [-0.15, -0.1) is 0 Å². The third-order valence-electron chi connectivity index (χ3n) is 3.99. The molecule has 0 saturated heterocycles. The second kappa shape index (κ2) is 7.82. The van der Waals surface area contributed by atoms with Gasteiger partial charge in [0.05, 0.1) is 5.69 Å². The van der Waals surface area contributed by atoms with Gasteiger partial charge in [0.25, 0.3) is 11.5 Å². The first kappa shape index (κ1) is 18.3. The van der Waals surface area contributed by atoms with E-state index in [9.17, 15) is 14.4 Å². The molecule has 27 heavy (non-hydrogen) atoms. The standard InChI is InChI=1S/C20H19N3O4/c1-13-5-3-7-15(9-13)20(26)21-11-18(25)27-12-16-10-17(24)23-8-4-6-14(2)19(23)22-16/h3-10H,11-12H2,1-2H3,(H,21,26). The van der Waals surface area contributed by atoms with Crippen LogP contribution in [0.3, 0.4) is 0 Å². The van der Waals surface area contributed by atoms with Crippen molar-refractivity contribution in [3.8, 4) is 0 Å². The monoisotopic (exact) mass is 365 g/mol. The summed E-state index contributed by atoms with van der Waals surface area (Å²) in [5.41, 5.74) is 2.89. The lowest BCUT2D eigenvalue weighted by atomic mass is 10.1. The SMILES string of the molecule is Cc1cccc(C(=O)NCC(=O)OCc2cc(=O)n3cccc(C)c3n2)c1. The summed E-state index contributed by atoms with van der Waals surface area (Å²) in [6, 6.07) is 12.0. The van der Waals surface area contributed by atoms with E-state index >= 15 is 0 Å². The van der Waals surface area contributed by atoms with Crippen molar-refractivity contribution in [3.05, 3.63) is 81.4 Å². The molecule has 0 aliphatic carbocycles. The summed E-state index contributed by atoms with van der Waals surface area (Å²) in [5, 5.41) is 2.51. The molecule has 1 N–H and O–H groups in total. The van der Waals surface area contributed by atoms with Crippen molar-refractivity contribution in [2.45, 2.75) is 20.5 Å². The van der Waals surface area contributed by atoms with Crippen LogP contribution >= 0.6 is 0 Å². The molecule has 0 spiro atoms. The van der Waals surface area contributed by atoms with Gasteiger partial charge < -0.3 is 10.1 Å². The highest BCUT2D eigenvalue weighted by molar-refractivity contribution is 5.96. The molecule has 0 fully saturated rings. The Bertz CT molecular complexity index is 1070. The molecular weight excluding hydrogens is 346 g/mol. The number of hydrogen-bond donors (Lipinski definition) is 1. The van der Waals surface area contributed by atoms with E-state index in [2.05, 4.69) is 10.3 Å².